The van der Waals surface area contributed by atoms with Crippen molar-refractivity contribution in [3.8, 4) is 6.07 Å². The average Bonchev–Trinajstić information content (AvgIpc) is 2.15. The first-order valence-corrected chi connectivity index (χ1v) is 3.49. The van der Waals surface area contributed by atoms with Gasteiger partial charge in [0.1, 0.15) is 6.33 Å². The van der Waals surface area contributed by atoms with E-state index in [2.05, 4.69) is 9.97 Å². The Morgan fingerprint density at radius 2 is 2.17 bits per heavy atom. The number of nitriles is 1. The Morgan fingerprint density at radius 3 is 2.75 bits per heavy atom. The lowest BCUT2D eigenvalue weighted by Crippen LogP contribution is -1.99. The first-order chi connectivity index (χ1) is 5.84. The third-order valence-electron chi connectivity index (χ3n) is 1.35. The minimum atomic E-state index is -0.0860. The maximum absolute atomic E-state index is 11.2. The smallest absolute Gasteiger partial charge is 0.167 e. The van der Waals surface area contributed by atoms with Gasteiger partial charge in [0, 0.05) is 25.2 Å². The molecule has 0 N–H and O–H groups in total. The Bertz CT molecular complexity index is 302. The second-order valence-electron chi connectivity index (χ2n) is 2.21. The molecule has 4 heteroatoms. The molecule has 1 heterocycles. The average molecular weight is 161 g/mol. The van der Waals surface area contributed by atoms with Gasteiger partial charge < -0.3 is 0 Å². The number of hydrogen-bond acceptors (Lipinski definition) is 4. The van der Waals surface area contributed by atoms with Crippen LogP contribution in [0.3, 0.4) is 0 Å². The van der Waals surface area contributed by atoms with Gasteiger partial charge >= 0.3 is 0 Å². The summed E-state index contributed by atoms with van der Waals surface area (Å²) in [6.45, 7) is 0. The van der Waals surface area contributed by atoms with Crippen molar-refractivity contribution in [2.45, 2.75) is 12.8 Å². The number of hydrogen-bond donors (Lipinski definition) is 0. The van der Waals surface area contributed by atoms with Crippen LogP contribution in [0.4, 0.5) is 0 Å². The number of rotatable bonds is 3. The van der Waals surface area contributed by atoms with Gasteiger partial charge in [-0.25, -0.2) is 9.97 Å². The molecule has 0 aliphatic rings. The Kier molecular flexibility index (Phi) is 2.91. The topological polar surface area (TPSA) is 66.6 Å². The molecule has 60 valence electrons. The van der Waals surface area contributed by atoms with Crippen molar-refractivity contribution in [2.75, 3.05) is 0 Å². The molecular formula is C8H7N3O. The summed E-state index contributed by atoms with van der Waals surface area (Å²) in [4.78, 5) is 18.6. The first kappa shape index (κ1) is 8.34. The lowest BCUT2D eigenvalue weighted by molar-refractivity contribution is 0.0983. The molecule has 0 fully saturated rings. The standard InChI is InChI=1S/C8H7N3O/c9-3-1-2-8(12)7-4-10-6-11-5-7/h4-6H,1-2H2. The van der Waals surface area contributed by atoms with Gasteiger partial charge in [-0.2, -0.15) is 5.26 Å². The molecule has 0 aliphatic heterocycles. The molecule has 0 spiro atoms. The van der Waals surface area contributed by atoms with Crippen LogP contribution in [0.15, 0.2) is 18.7 Å². The van der Waals surface area contributed by atoms with Gasteiger partial charge in [0.2, 0.25) is 0 Å². The summed E-state index contributed by atoms with van der Waals surface area (Å²) in [6.07, 6.45) is 4.75. The first-order valence-electron chi connectivity index (χ1n) is 3.49. The molecule has 0 bridgehead atoms. The largest absolute Gasteiger partial charge is 0.294 e. The van der Waals surface area contributed by atoms with E-state index in [1.54, 1.807) is 0 Å². The van der Waals surface area contributed by atoms with Crippen molar-refractivity contribution < 1.29 is 4.79 Å². The summed E-state index contributed by atoms with van der Waals surface area (Å²) in [7, 11) is 0. The summed E-state index contributed by atoms with van der Waals surface area (Å²) in [5.41, 5.74) is 0.466. The van der Waals surface area contributed by atoms with Crippen LogP contribution in [0, 0.1) is 11.3 Å². The summed E-state index contributed by atoms with van der Waals surface area (Å²) < 4.78 is 0. The minimum Gasteiger partial charge on any atom is -0.294 e. The zero-order valence-electron chi connectivity index (χ0n) is 6.40. The van der Waals surface area contributed by atoms with Crippen LogP contribution in [-0.2, 0) is 0 Å². The van der Waals surface area contributed by atoms with Crippen LogP contribution < -0.4 is 0 Å². The molecule has 0 aliphatic carbocycles. The van der Waals surface area contributed by atoms with E-state index in [0.717, 1.165) is 0 Å². The Balaban J connectivity index is 2.61. The highest BCUT2D eigenvalue weighted by Gasteiger charge is 2.04. The van der Waals surface area contributed by atoms with Gasteiger partial charge in [-0.05, 0) is 0 Å². The van der Waals surface area contributed by atoms with E-state index in [1.165, 1.54) is 18.7 Å². The van der Waals surface area contributed by atoms with Crippen molar-refractivity contribution in [1.82, 2.24) is 9.97 Å². The van der Waals surface area contributed by atoms with E-state index in [4.69, 9.17) is 5.26 Å². The lowest BCUT2D eigenvalue weighted by atomic mass is 10.1. The molecule has 1 aromatic heterocycles. The van der Waals surface area contributed by atoms with Gasteiger partial charge in [-0.15, -0.1) is 0 Å². The maximum atomic E-state index is 11.2. The van der Waals surface area contributed by atoms with Gasteiger partial charge in [0.25, 0.3) is 0 Å². The molecule has 0 aromatic carbocycles. The third-order valence-corrected chi connectivity index (χ3v) is 1.35. The van der Waals surface area contributed by atoms with Crippen LogP contribution in [0.25, 0.3) is 0 Å². The highest BCUT2D eigenvalue weighted by molar-refractivity contribution is 5.95. The molecule has 0 unspecified atom stereocenters. The van der Waals surface area contributed by atoms with Crippen LogP contribution in [-0.4, -0.2) is 15.8 Å². The van der Waals surface area contributed by atoms with Crippen LogP contribution in [0.1, 0.15) is 23.2 Å². The summed E-state index contributed by atoms with van der Waals surface area (Å²) in [5, 5.41) is 8.23. The molecule has 4 nitrogen and oxygen atoms in total. The van der Waals surface area contributed by atoms with Crippen molar-refractivity contribution in [2.24, 2.45) is 0 Å². The molecule has 1 aromatic rings. The molecular weight excluding hydrogens is 154 g/mol. The monoisotopic (exact) mass is 161 g/mol. The van der Waals surface area contributed by atoms with Gasteiger partial charge in [-0.3, -0.25) is 4.79 Å². The van der Waals surface area contributed by atoms with Gasteiger partial charge in [0.05, 0.1) is 11.6 Å². The zero-order valence-corrected chi connectivity index (χ0v) is 6.40. The molecule has 0 saturated heterocycles. The summed E-state index contributed by atoms with van der Waals surface area (Å²) in [6, 6.07) is 1.91. The van der Waals surface area contributed by atoms with E-state index >= 15 is 0 Å². The fourth-order valence-electron chi connectivity index (χ4n) is 0.757. The van der Waals surface area contributed by atoms with Crippen LogP contribution in [0.2, 0.25) is 0 Å². The SMILES string of the molecule is N#CCCC(=O)c1cncnc1. The second kappa shape index (κ2) is 4.19. The van der Waals surface area contributed by atoms with Crippen LogP contribution in [0.5, 0.6) is 0 Å². The summed E-state index contributed by atoms with van der Waals surface area (Å²) in [5.74, 6) is -0.0860. The summed E-state index contributed by atoms with van der Waals surface area (Å²) >= 11 is 0. The zero-order chi connectivity index (χ0) is 8.81. The normalized spacial score (nSPS) is 8.92. The van der Waals surface area contributed by atoms with E-state index in [9.17, 15) is 4.79 Å². The number of Topliss-reactive ketones (excluding diaryl/α,β-unsaturated/α-hetero) is 1. The number of aromatic nitrogens is 2. The molecule has 0 radical (unpaired) electrons. The van der Waals surface area contributed by atoms with Crippen LogP contribution >= 0.6 is 0 Å². The number of ketones is 1. The van der Waals surface area contributed by atoms with Crippen molar-refractivity contribution in [3.63, 3.8) is 0 Å². The molecule has 0 atom stereocenters. The predicted molar refractivity (Wildman–Crippen MR) is 41.2 cm³/mol. The molecule has 1 rings (SSSR count). The Morgan fingerprint density at radius 1 is 1.50 bits per heavy atom. The van der Waals surface area contributed by atoms with E-state index in [0.29, 0.717) is 5.56 Å². The number of nitrogens with zero attached hydrogens (tertiary/aromatic N) is 3. The molecule has 0 saturated carbocycles. The maximum Gasteiger partial charge on any atom is 0.167 e. The Labute approximate surface area is 69.9 Å². The van der Waals surface area contributed by atoms with Gasteiger partial charge in [-0.1, -0.05) is 0 Å². The number of carbonyl (C=O) groups is 1. The second-order valence-corrected chi connectivity index (χ2v) is 2.21. The quantitative estimate of drug-likeness (QED) is 0.619. The molecule has 12 heavy (non-hydrogen) atoms. The fraction of sp³-hybridized carbons (Fsp3) is 0.250. The highest BCUT2D eigenvalue weighted by Crippen LogP contribution is 2.00. The van der Waals surface area contributed by atoms with E-state index in [-0.39, 0.29) is 18.6 Å². The lowest BCUT2D eigenvalue weighted by Gasteiger charge is -1.94. The van der Waals surface area contributed by atoms with Crippen molar-refractivity contribution in [1.29, 1.82) is 5.26 Å². The van der Waals surface area contributed by atoms with Crippen molar-refractivity contribution in [3.05, 3.63) is 24.3 Å². The minimum absolute atomic E-state index is 0.0860. The van der Waals surface area contributed by atoms with E-state index < -0.39 is 0 Å². The predicted octanol–water partition coefficient (Wildman–Crippen LogP) is 0.963. The number of carbonyl (C=O) groups excluding carboxylic acids is 1. The van der Waals surface area contributed by atoms with E-state index in [1.807, 2.05) is 6.07 Å². The fourth-order valence-corrected chi connectivity index (χ4v) is 0.757. The van der Waals surface area contributed by atoms with Gasteiger partial charge in [0.15, 0.2) is 5.78 Å². The highest BCUT2D eigenvalue weighted by atomic mass is 16.1. The molecule has 0 amide bonds. The third kappa shape index (κ3) is 2.13. The Hall–Kier alpha value is -1.76. The van der Waals surface area contributed by atoms with Crippen molar-refractivity contribution >= 4 is 5.78 Å².